The molecule has 228 valence electrons. The average molecular weight is 601 g/mol. The summed E-state index contributed by atoms with van der Waals surface area (Å²) in [5, 5.41) is 3.26. The molecule has 0 saturated heterocycles. The minimum absolute atomic E-state index is 0. The molecular weight excluding hydrogens is 561 g/mol. The number of aryl methyl sites for hydroxylation is 1. The number of nitrogens with zero attached hydrogens (tertiary/aromatic N) is 3. The van der Waals surface area contributed by atoms with Crippen molar-refractivity contribution < 1.29 is 32.2 Å². The number of benzene rings is 1. The number of alkyl halides is 3. The second-order valence-electron chi connectivity index (χ2n) is 10.6. The van der Waals surface area contributed by atoms with E-state index in [4.69, 9.17) is 9.47 Å². The number of unbranched alkanes of at least 4 members (excludes halogenated alkanes) is 4. The molecule has 0 fully saturated rings. The molecule has 1 aromatic heterocycles. The highest BCUT2D eigenvalue weighted by Crippen LogP contribution is 2.30. The van der Waals surface area contributed by atoms with E-state index in [-0.39, 0.29) is 38.4 Å². The first kappa shape index (κ1) is 32.6. The van der Waals surface area contributed by atoms with Gasteiger partial charge in [-0.05, 0) is 42.5 Å². The Bertz CT molecular complexity index is 1130. The first-order valence-electron chi connectivity index (χ1n) is 14.3. The lowest BCUT2D eigenvalue weighted by atomic mass is 9.94. The van der Waals surface area contributed by atoms with Crippen LogP contribution in [0.2, 0.25) is 0 Å². The summed E-state index contributed by atoms with van der Waals surface area (Å²) in [6.45, 7) is 2.97. The number of imidazole rings is 1. The Hall–Kier alpha value is -2.95. The molecule has 4 rings (SSSR count). The van der Waals surface area contributed by atoms with Crippen molar-refractivity contribution in [1.29, 1.82) is 0 Å². The zero-order valence-electron chi connectivity index (χ0n) is 23.5. The van der Waals surface area contributed by atoms with Crippen molar-refractivity contribution in [3.05, 3.63) is 41.2 Å². The van der Waals surface area contributed by atoms with Crippen molar-refractivity contribution >= 4 is 30.2 Å². The van der Waals surface area contributed by atoms with E-state index in [1.54, 1.807) is 18.2 Å². The Balaban J connectivity index is 0.00000462. The number of halogens is 4. The number of esters is 1. The summed E-state index contributed by atoms with van der Waals surface area (Å²) < 4.78 is 53.4. The van der Waals surface area contributed by atoms with Crippen LogP contribution >= 0.6 is 12.4 Å². The number of hydrogen-bond donors (Lipinski definition) is 1. The summed E-state index contributed by atoms with van der Waals surface area (Å²) in [4.78, 5) is 31.0. The van der Waals surface area contributed by atoms with Gasteiger partial charge in [-0.15, -0.1) is 12.4 Å². The van der Waals surface area contributed by atoms with Crippen molar-refractivity contribution in [2.24, 2.45) is 5.92 Å². The van der Waals surface area contributed by atoms with Crippen LogP contribution in [0.15, 0.2) is 24.4 Å². The number of aromatic nitrogens is 2. The summed E-state index contributed by atoms with van der Waals surface area (Å²) in [5.41, 5.74) is 2.22. The van der Waals surface area contributed by atoms with Gasteiger partial charge in [0.1, 0.15) is 12.3 Å². The molecule has 0 saturated carbocycles. The van der Waals surface area contributed by atoms with E-state index in [2.05, 4.69) is 21.8 Å². The van der Waals surface area contributed by atoms with Gasteiger partial charge in [0.05, 0.1) is 31.2 Å². The topological polar surface area (TPSA) is 85.7 Å². The molecule has 1 N–H and O–H groups in total. The Morgan fingerprint density at radius 1 is 1.15 bits per heavy atom. The Morgan fingerprint density at radius 3 is 2.71 bits per heavy atom. The Morgan fingerprint density at radius 2 is 1.95 bits per heavy atom. The average Bonchev–Trinajstić information content (AvgIpc) is 3.28. The highest BCUT2D eigenvalue weighted by Gasteiger charge is 2.38. The molecule has 41 heavy (non-hydrogen) atoms. The molecule has 1 atom stereocenters. The molecule has 0 spiro atoms. The molecule has 0 bridgehead atoms. The molecule has 2 aliphatic rings. The third-order valence-corrected chi connectivity index (χ3v) is 7.27. The van der Waals surface area contributed by atoms with Crippen molar-refractivity contribution in [2.75, 3.05) is 31.6 Å². The standard InChI is InChI=1S/C29H39F3N4O4.ClH/c1-2-3-4-5-6-13-40-26(37)17-22-15-21-8-9-25(16-23(21)18-36(27(22)38)20-29(30,31)32)39-14-10-24-19-35-12-7-11-33-28(35)34-24;/h8-9,16,19,22H,2-7,10-15,17-18,20H2,1H3,(H,33,34);1H/t22-;/m0./s1. The van der Waals surface area contributed by atoms with Crippen molar-refractivity contribution in [3.63, 3.8) is 0 Å². The molecule has 3 heterocycles. The van der Waals surface area contributed by atoms with Crippen molar-refractivity contribution in [3.8, 4) is 5.75 Å². The van der Waals surface area contributed by atoms with Crippen molar-refractivity contribution in [1.82, 2.24) is 14.5 Å². The third-order valence-electron chi connectivity index (χ3n) is 7.27. The normalized spacial score (nSPS) is 16.6. The first-order valence-corrected chi connectivity index (χ1v) is 14.3. The molecule has 1 aromatic carbocycles. The fourth-order valence-corrected chi connectivity index (χ4v) is 5.22. The van der Waals surface area contributed by atoms with Crippen LogP contribution in [0.3, 0.4) is 0 Å². The van der Waals surface area contributed by atoms with Gasteiger partial charge in [0.25, 0.3) is 0 Å². The van der Waals surface area contributed by atoms with E-state index in [1.807, 2.05) is 6.20 Å². The molecule has 1 amide bonds. The maximum Gasteiger partial charge on any atom is 0.406 e. The van der Waals surface area contributed by atoms with Crippen LogP contribution in [-0.4, -0.2) is 58.8 Å². The minimum atomic E-state index is -4.56. The number of carbonyl (C=O) groups is 2. The highest BCUT2D eigenvalue weighted by molar-refractivity contribution is 5.85. The van der Waals surface area contributed by atoms with Gasteiger partial charge in [-0.25, -0.2) is 4.98 Å². The van der Waals surface area contributed by atoms with Gasteiger partial charge in [-0.1, -0.05) is 38.7 Å². The monoisotopic (exact) mass is 600 g/mol. The van der Waals surface area contributed by atoms with Crippen molar-refractivity contribution in [2.45, 2.75) is 84.0 Å². The lowest BCUT2D eigenvalue weighted by molar-refractivity contribution is -0.165. The number of anilines is 1. The van der Waals surface area contributed by atoms with Gasteiger partial charge in [0, 0.05) is 32.3 Å². The maximum atomic E-state index is 13.4. The molecular formula is C29H40ClF3N4O4. The first-order chi connectivity index (χ1) is 19.2. The van der Waals surface area contributed by atoms with Crippen LogP contribution in [0.4, 0.5) is 19.1 Å². The van der Waals surface area contributed by atoms with E-state index in [0.29, 0.717) is 24.3 Å². The molecule has 2 aromatic rings. The summed E-state index contributed by atoms with van der Waals surface area (Å²) >= 11 is 0. The van der Waals surface area contributed by atoms with Gasteiger partial charge in [0.2, 0.25) is 11.9 Å². The summed E-state index contributed by atoms with van der Waals surface area (Å²) in [6.07, 6.45) is 3.96. The predicted octanol–water partition coefficient (Wildman–Crippen LogP) is 5.71. The van der Waals surface area contributed by atoms with E-state index in [1.165, 1.54) is 0 Å². The lowest BCUT2D eigenvalue weighted by Gasteiger charge is -2.25. The number of amides is 1. The largest absolute Gasteiger partial charge is 0.493 e. The molecule has 8 nitrogen and oxygen atoms in total. The zero-order valence-corrected chi connectivity index (χ0v) is 24.3. The summed E-state index contributed by atoms with van der Waals surface area (Å²) in [7, 11) is 0. The second-order valence-corrected chi connectivity index (χ2v) is 10.6. The highest BCUT2D eigenvalue weighted by atomic mass is 35.5. The van der Waals surface area contributed by atoms with Crippen LogP contribution in [0.25, 0.3) is 0 Å². The van der Waals surface area contributed by atoms with Crippen LogP contribution in [0, 0.1) is 5.92 Å². The quantitative estimate of drug-likeness (QED) is 0.234. The smallest absolute Gasteiger partial charge is 0.406 e. The lowest BCUT2D eigenvalue weighted by Crippen LogP contribution is -2.41. The Kier molecular flexibility index (Phi) is 12.2. The van der Waals surface area contributed by atoms with Gasteiger partial charge < -0.3 is 24.3 Å². The second kappa shape index (κ2) is 15.3. The molecule has 0 unspecified atom stereocenters. The van der Waals surface area contributed by atoms with Gasteiger partial charge in [-0.2, -0.15) is 13.2 Å². The van der Waals surface area contributed by atoms with Gasteiger partial charge >= 0.3 is 12.1 Å². The SMILES string of the molecule is CCCCCCCOC(=O)C[C@@H]1Cc2ccc(OCCc3cn4c(n3)NCCC4)cc2CN(CC(F)(F)F)C1=O.Cl. The zero-order chi connectivity index (χ0) is 28.5. The predicted molar refractivity (Wildman–Crippen MR) is 151 cm³/mol. The fourth-order valence-electron chi connectivity index (χ4n) is 5.22. The van der Waals surface area contributed by atoms with Crippen LogP contribution in [0.1, 0.15) is 68.7 Å². The molecule has 0 radical (unpaired) electrons. The minimum Gasteiger partial charge on any atom is -0.493 e. The van der Waals surface area contributed by atoms with E-state index < -0.39 is 30.5 Å². The fraction of sp³-hybridized carbons (Fsp3) is 0.621. The van der Waals surface area contributed by atoms with Crippen LogP contribution < -0.4 is 10.1 Å². The maximum absolute atomic E-state index is 13.4. The molecule has 2 aliphatic heterocycles. The third kappa shape index (κ3) is 9.83. The van der Waals surface area contributed by atoms with Gasteiger partial charge in [0.15, 0.2) is 0 Å². The number of nitrogens with one attached hydrogen (secondary N) is 1. The van der Waals surface area contributed by atoms with E-state index in [9.17, 15) is 22.8 Å². The van der Waals surface area contributed by atoms with Crippen LogP contribution in [0.5, 0.6) is 5.75 Å². The van der Waals surface area contributed by atoms with E-state index in [0.717, 1.165) is 73.7 Å². The number of fused-ring (bicyclic) bond motifs is 2. The molecule has 0 aliphatic carbocycles. The summed E-state index contributed by atoms with van der Waals surface area (Å²) in [5.74, 6) is -0.788. The van der Waals surface area contributed by atoms with Crippen LogP contribution in [-0.2, 0) is 40.3 Å². The number of carbonyl (C=O) groups excluding carboxylic acids is 2. The molecule has 12 heteroatoms. The number of rotatable bonds is 13. The van der Waals surface area contributed by atoms with Gasteiger partial charge in [-0.3, -0.25) is 9.59 Å². The Labute approximate surface area is 245 Å². The summed E-state index contributed by atoms with van der Waals surface area (Å²) in [6, 6.07) is 5.23. The number of ether oxygens (including phenoxy) is 2. The van der Waals surface area contributed by atoms with E-state index >= 15 is 0 Å². The number of hydrogen-bond acceptors (Lipinski definition) is 6.